The lowest BCUT2D eigenvalue weighted by atomic mass is 9.85. The lowest BCUT2D eigenvalue weighted by Gasteiger charge is -2.23. The van der Waals surface area contributed by atoms with Crippen LogP contribution in [-0.4, -0.2) is 22.9 Å². The van der Waals surface area contributed by atoms with Gasteiger partial charge in [0, 0.05) is 6.61 Å². The Hall–Kier alpha value is -0.0800. The second kappa shape index (κ2) is 6.39. The van der Waals surface area contributed by atoms with Crippen LogP contribution < -0.4 is 0 Å². The van der Waals surface area contributed by atoms with Crippen LogP contribution >= 0.6 is 0 Å². The zero-order chi connectivity index (χ0) is 9.52. The van der Waals surface area contributed by atoms with Gasteiger partial charge in [-0.25, -0.2) is 0 Å². The molecule has 2 nitrogen and oxygen atoms in total. The van der Waals surface area contributed by atoms with Crippen molar-refractivity contribution in [2.24, 2.45) is 5.92 Å². The molecule has 1 fully saturated rings. The molecular weight excluding hydrogens is 164 g/mol. The largest absolute Gasteiger partial charge is 0.396 e. The third kappa shape index (κ3) is 4.63. The molecule has 0 aromatic carbocycles. The molecule has 0 heterocycles. The molecule has 0 saturated heterocycles. The minimum absolute atomic E-state index is 0.171. The van der Waals surface area contributed by atoms with E-state index in [4.69, 9.17) is 5.11 Å². The maximum Gasteiger partial charge on any atom is 0.0543 e. The van der Waals surface area contributed by atoms with Gasteiger partial charge in [-0.15, -0.1) is 0 Å². The predicted molar refractivity (Wildman–Crippen MR) is 53.5 cm³/mol. The molecule has 0 aliphatic heterocycles. The first-order valence-electron chi connectivity index (χ1n) is 5.62. The van der Waals surface area contributed by atoms with Gasteiger partial charge in [0.2, 0.25) is 0 Å². The smallest absolute Gasteiger partial charge is 0.0543 e. The van der Waals surface area contributed by atoms with E-state index in [-0.39, 0.29) is 12.7 Å². The van der Waals surface area contributed by atoms with Gasteiger partial charge in [0.1, 0.15) is 0 Å². The quantitative estimate of drug-likeness (QED) is 0.690. The van der Waals surface area contributed by atoms with Gasteiger partial charge in [-0.3, -0.25) is 0 Å². The molecule has 0 spiro atoms. The van der Waals surface area contributed by atoms with E-state index in [1.165, 1.54) is 32.1 Å². The summed E-state index contributed by atoms with van der Waals surface area (Å²) in [6, 6.07) is 0. The average Bonchev–Trinajstić information content (AvgIpc) is 2.16. The zero-order valence-corrected chi connectivity index (χ0v) is 8.41. The van der Waals surface area contributed by atoms with Crippen molar-refractivity contribution in [1.29, 1.82) is 0 Å². The molecule has 2 heteroatoms. The van der Waals surface area contributed by atoms with Crippen LogP contribution in [0.2, 0.25) is 0 Å². The Morgan fingerprint density at radius 2 is 1.85 bits per heavy atom. The fourth-order valence-corrected chi connectivity index (χ4v) is 2.25. The molecule has 0 bridgehead atoms. The molecule has 1 aliphatic carbocycles. The average molecular weight is 186 g/mol. The van der Waals surface area contributed by atoms with Gasteiger partial charge in [0.15, 0.2) is 0 Å². The Kier molecular flexibility index (Phi) is 5.40. The van der Waals surface area contributed by atoms with Crippen LogP contribution in [0, 0.1) is 5.92 Å². The summed E-state index contributed by atoms with van der Waals surface area (Å²) in [5, 5.41) is 18.2. The van der Waals surface area contributed by atoms with Crippen molar-refractivity contribution in [3.05, 3.63) is 0 Å². The number of aliphatic hydroxyl groups excluding tert-OH is 2. The standard InChI is InChI=1S/C11H22O2/c12-8-4-7-11(13)9-10-5-2-1-3-6-10/h10-13H,1-9H2. The summed E-state index contributed by atoms with van der Waals surface area (Å²) < 4.78 is 0. The molecule has 0 amide bonds. The molecule has 1 atom stereocenters. The molecular formula is C11H22O2. The Morgan fingerprint density at radius 1 is 1.15 bits per heavy atom. The second-order valence-electron chi connectivity index (χ2n) is 4.26. The predicted octanol–water partition coefficient (Wildman–Crippen LogP) is 2.09. The number of aliphatic hydroxyl groups is 2. The molecule has 1 unspecified atom stereocenters. The van der Waals surface area contributed by atoms with Gasteiger partial charge in [-0.1, -0.05) is 32.1 Å². The minimum atomic E-state index is -0.171. The maximum absolute atomic E-state index is 9.62. The molecule has 13 heavy (non-hydrogen) atoms. The maximum atomic E-state index is 9.62. The monoisotopic (exact) mass is 186 g/mol. The number of hydrogen-bond acceptors (Lipinski definition) is 2. The SMILES string of the molecule is OCCCC(O)CC1CCCCC1. The van der Waals surface area contributed by atoms with Crippen molar-refractivity contribution < 1.29 is 10.2 Å². The molecule has 0 aromatic rings. The number of hydrogen-bond donors (Lipinski definition) is 2. The highest BCUT2D eigenvalue weighted by Crippen LogP contribution is 2.27. The van der Waals surface area contributed by atoms with Crippen molar-refractivity contribution >= 4 is 0 Å². The molecule has 1 rings (SSSR count). The van der Waals surface area contributed by atoms with Crippen LogP contribution in [0.4, 0.5) is 0 Å². The van der Waals surface area contributed by atoms with E-state index in [0.717, 1.165) is 25.2 Å². The molecule has 78 valence electrons. The van der Waals surface area contributed by atoms with Crippen molar-refractivity contribution in [3.63, 3.8) is 0 Å². The summed E-state index contributed by atoms with van der Waals surface area (Å²) in [6.07, 6.45) is 8.97. The first-order chi connectivity index (χ1) is 6.33. The normalized spacial score (nSPS) is 21.7. The lowest BCUT2D eigenvalue weighted by molar-refractivity contribution is 0.112. The summed E-state index contributed by atoms with van der Waals surface area (Å²) in [7, 11) is 0. The van der Waals surface area contributed by atoms with E-state index in [1.807, 2.05) is 0 Å². The topological polar surface area (TPSA) is 40.5 Å². The van der Waals surface area contributed by atoms with Crippen molar-refractivity contribution in [1.82, 2.24) is 0 Å². The van der Waals surface area contributed by atoms with Crippen LogP contribution in [0.25, 0.3) is 0 Å². The van der Waals surface area contributed by atoms with E-state index in [0.29, 0.717) is 0 Å². The van der Waals surface area contributed by atoms with Crippen LogP contribution in [0.3, 0.4) is 0 Å². The van der Waals surface area contributed by atoms with Gasteiger partial charge >= 0.3 is 0 Å². The van der Waals surface area contributed by atoms with Gasteiger partial charge in [0.05, 0.1) is 6.10 Å². The van der Waals surface area contributed by atoms with E-state index < -0.39 is 0 Å². The van der Waals surface area contributed by atoms with Gasteiger partial charge < -0.3 is 10.2 Å². The molecule has 0 aromatic heterocycles. The summed E-state index contributed by atoms with van der Waals surface area (Å²) in [5.41, 5.74) is 0. The molecule has 0 radical (unpaired) electrons. The van der Waals surface area contributed by atoms with Crippen molar-refractivity contribution in [2.45, 2.75) is 57.5 Å². The summed E-state index contributed by atoms with van der Waals surface area (Å²) in [6.45, 7) is 0.210. The fourth-order valence-electron chi connectivity index (χ4n) is 2.25. The van der Waals surface area contributed by atoms with Crippen molar-refractivity contribution in [3.8, 4) is 0 Å². The van der Waals surface area contributed by atoms with Crippen LogP contribution in [-0.2, 0) is 0 Å². The first kappa shape index (κ1) is 11.0. The van der Waals surface area contributed by atoms with Crippen LogP contribution in [0.15, 0.2) is 0 Å². The summed E-state index contributed by atoms with van der Waals surface area (Å²) in [5.74, 6) is 0.752. The Bertz CT molecular complexity index is 119. The minimum Gasteiger partial charge on any atom is -0.396 e. The first-order valence-corrected chi connectivity index (χ1v) is 5.62. The Labute approximate surface area is 81.0 Å². The summed E-state index contributed by atoms with van der Waals surface area (Å²) in [4.78, 5) is 0. The molecule has 2 N–H and O–H groups in total. The van der Waals surface area contributed by atoms with Crippen LogP contribution in [0.5, 0.6) is 0 Å². The second-order valence-corrected chi connectivity index (χ2v) is 4.26. The highest BCUT2D eigenvalue weighted by Gasteiger charge is 2.16. The molecule has 1 aliphatic rings. The highest BCUT2D eigenvalue weighted by atomic mass is 16.3. The third-order valence-corrected chi connectivity index (χ3v) is 3.03. The van der Waals surface area contributed by atoms with Gasteiger partial charge in [-0.05, 0) is 25.2 Å². The third-order valence-electron chi connectivity index (χ3n) is 3.03. The fraction of sp³-hybridized carbons (Fsp3) is 1.00. The Morgan fingerprint density at radius 3 is 2.46 bits per heavy atom. The van der Waals surface area contributed by atoms with E-state index in [1.54, 1.807) is 0 Å². The van der Waals surface area contributed by atoms with Crippen molar-refractivity contribution in [2.75, 3.05) is 6.61 Å². The zero-order valence-electron chi connectivity index (χ0n) is 8.41. The van der Waals surface area contributed by atoms with E-state index in [2.05, 4.69) is 0 Å². The summed E-state index contributed by atoms with van der Waals surface area (Å²) >= 11 is 0. The molecule has 1 saturated carbocycles. The van der Waals surface area contributed by atoms with Gasteiger partial charge in [-0.2, -0.15) is 0 Å². The highest BCUT2D eigenvalue weighted by molar-refractivity contribution is 4.69. The van der Waals surface area contributed by atoms with E-state index >= 15 is 0 Å². The number of rotatable bonds is 5. The Balaban J connectivity index is 2.07. The van der Waals surface area contributed by atoms with Gasteiger partial charge in [0.25, 0.3) is 0 Å². The van der Waals surface area contributed by atoms with E-state index in [9.17, 15) is 5.11 Å². The lowest BCUT2D eigenvalue weighted by Crippen LogP contribution is -2.16. The van der Waals surface area contributed by atoms with Crippen LogP contribution in [0.1, 0.15) is 51.4 Å².